The lowest BCUT2D eigenvalue weighted by Crippen LogP contribution is -2.58. The van der Waals surface area contributed by atoms with E-state index in [-0.39, 0.29) is 56.4 Å². The third-order valence-electron chi connectivity index (χ3n) is 6.35. The largest absolute Gasteiger partial charge is 0.496 e. The monoisotopic (exact) mass is 483 g/mol. The van der Waals surface area contributed by atoms with E-state index >= 15 is 0 Å². The number of para-hydroxylation sites is 2. The van der Waals surface area contributed by atoms with Gasteiger partial charge in [0, 0.05) is 17.8 Å². The van der Waals surface area contributed by atoms with E-state index < -0.39 is 6.10 Å². The van der Waals surface area contributed by atoms with Crippen molar-refractivity contribution in [1.82, 2.24) is 10.2 Å². The first-order chi connectivity index (χ1) is 17.0. The molecule has 3 amide bonds. The molecule has 2 aliphatic heterocycles. The second-order valence-corrected chi connectivity index (χ2v) is 8.87. The molecule has 2 saturated heterocycles. The Hall–Kier alpha value is -3.14. The first-order valence-corrected chi connectivity index (χ1v) is 12.0. The van der Waals surface area contributed by atoms with Crippen molar-refractivity contribution in [3.63, 3.8) is 0 Å². The lowest BCUT2D eigenvalue weighted by molar-refractivity contribution is -0.149. The number of nitrogens with one attached hydrogen (secondary N) is 2. The minimum absolute atomic E-state index is 0.111. The second kappa shape index (κ2) is 12.0. The van der Waals surface area contributed by atoms with Crippen molar-refractivity contribution in [2.24, 2.45) is 0 Å². The molecular formula is C26H33N3O6. The highest BCUT2D eigenvalue weighted by molar-refractivity contribution is 5.89. The van der Waals surface area contributed by atoms with Crippen LogP contribution in [0, 0.1) is 0 Å². The number of rotatable bonds is 6. The summed E-state index contributed by atoms with van der Waals surface area (Å²) in [6.45, 7) is 0.880. The highest BCUT2D eigenvalue weighted by atomic mass is 16.5. The Morgan fingerprint density at radius 3 is 2.66 bits per heavy atom. The minimum Gasteiger partial charge on any atom is -0.496 e. The normalized spacial score (nSPS) is 24.5. The Labute approximate surface area is 205 Å². The fourth-order valence-electron chi connectivity index (χ4n) is 4.61. The lowest BCUT2D eigenvalue weighted by atomic mass is 9.95. The number of hydrogen-bond acceptors (Lipinski definition) is 6. The third-order valence-corrected chi connectivity index (χ3v) is 6.35. The van der Waals surface area contributed by atoms with Crippen LogP contribution in [-0.4, -0.2) is 73.2 Å². The van der Waals surface area contributed by atoms with Gasteiger partial charge in [0.1, 0.15) is 11.9 Å². The zero-order valence-electron chi connectivity index (χ0n) is 19.9. The molecule has 0 bridgehead atoms. The molecule has 0 saturated carbocycles. The molecule has 4 rings (SSSR count). The maximum absolute atomic E-state index is 13.1. The van der Waals surface area contributed by atoms with Gasteiger partial charge < -0.3 is 34.9 Å². The maximum Gasteiger partial charge on any atom is 0.322 e. The minimum atomic E-state index is -0.782. The van der Waals surface area contributed by atoms with Crippen LogP contribution in [0.5, 0.6) is 5.75 Å². The fraction of sp³-hybridized carbons (Fsp3) is 0.462. The van der Waals surface area contributed by atoms with Gasteiger partial charge in [-0.25, -0.2) is 4.79 Å². The Morgan fingerprint density at radius 2 is 1.86 bits per heavy atom. The molecule has 2 aromatic carbocycles. The number of amides is 3. The van der Waals surface area contributed by atoms with Crippen molar-refractivity contribution >= 4 is 17.6 Å². The van der Waals surface area contributed by atoms with Crippen LogP contribution in [0.25, 0.3) is 0 Å². The molecule has 3 N–H and O–H groups in total. The summed E-state index contributed by atoms with van der Waals surface area (Å²) >= 11 is 0. The smallest absolute Gasteiger partial charge is 0.322 e. The summed E-state index contributed by atoms with van der Waals surface area (Å²) in [5.41, 5.74) is 1.59. The van der Waals surface area contributed by atoms with Gasteiger partial charge >= 0.3 is 6.03 Å². The molecule has 0 spiro atoms. The molecule has 0 unspecified atom stereocenters. The van der Waals surface area contributed by atoms with Crippen LogP contribution in [0.4, 0.5) is 10.5 Å². The summed E-state index contributed by atoms with van der Waals surface area (Å²) in [6, 6.07) is 16.2. The van der Waals surface area contributed by atoms with Crippen molar-refractivity contribution < 1.29 is 28.9 Å². The number of ether oxygens (including phenoxy) is 3. The van der Waals surface area contributed by atoms with Crippen LogP contribution in [0.15, 0.2) is 54.6 Å². The van der Waals surface area contributed by atoms with Crippen LogP contribution < -0.4 is 15.4 Å². The SMILES string of the molecule is COc1ccccc1CNC(=O)C[C@@H]1CC[C@@H]2[C@H](COC[C@@H](O)CN2C(=O)Nc2ccccc2)O1. The number of hydrogen-bond donors (Lipinski definition) is 3. The van der Waals surface area contributed by atoms with Gasteiger partial charge in [-0.3, -0.25) is 4.79 Å². The number of aliphatic hydroxyl groups excluding tert-OH is 1. The standard InChI is InChI=1S/C26H33N3O6/c1-33-23-10-6-5-7-18(23)14-27-25(31)13-21-11-12-22-24(35-21)17-34-16-20(30)15-29(22)26(32)28-19-8-3-2-4-9-19/h2-10,20-22,24,30H,11-17H2,1H3,(H,27,31)(H,28,32)/t20-,21-,22+,24-/m0/s1. The fourth-order valence-corrected chi connectivity index (χ4v) is 4.61. The van der Waals surface area contributed by atoms with E-state index in [4.69, 9.17) is 14.2 Å². The zero-order valence-corrected chi connectivity index (χ0v) is 19.9. The van der Waals surface area contributed by atoms with Crippen LogP contribution in [0.2, 0.25) is 0 Å². The third kappa shape index (κ3) is 6.72. The van der Waals surface area contributed by atoms with Crippen molar-refractivity contribution in [2.75, 3.05) is 32.2 Å². The van der Waals surface area contributed by atoms with E-state index in [2.05, 4.69) is 10.6 Å². The quantitative estimate of drug-likeness (QED) is 0.583. The molecule has 2 aromatic rings. The summed E-state index contributed by atoms with van der Waals surface area (Å²) < 4.78 is 17.2. The molecule has 9 heteroatoms. The molecular weight excluding hydrogens is 450 g/mol. The number of benzene rings is 2. The molecule has 2 fully saturated rings. The first kappa shape index (κ1) is 25.0. The van der Waals surface area contributed by atoms with Crippen molar-refractivity contribution in [2.45, 2.75) is 50.2 Å². The van der Waals surface area contributed by atoms with Crippen LogP contribution in [0.1, 0.15) is 24.8 Å². The van der Waals surface area contributed by atoms with Crippen LogP contribution in [0.3, 0.4) is 0 Å². The predicted molar refractivity (Wildman–Crippen MR) is 130 cm³/mol. The number of β-amino-alcohol motifs (C(OH)–C–C–N with tert-alkyl or cyclic N) is 1. The number of aliphatic hydroxyl groups is 1. The number of fused-ring (bicyclic) bond motifs is 1. The molecule has 4 atom stereocenters. The molecule has 0 aromatic heterocycles. The number of anilines is 1. The van der Waals surface area contributed by atoms with Crippen molar-refractivity contribution in [3.05, 3.63) is 60.2 Å². The van der Waals surface area contributed by atoms with Crippen molar-refractivity contribution in [3.8, 4) is 5.75 Å². The molecule has 35 heavy (non-hydrogen) atoms. The Bertz CT molecular complexity index is 988. The van der Waals surface area contributed by atoms with Gasteiger partial charge in [-0.05, 0) is 31.0 Å². The highest BCUT2D eigenvalue weighted by Crippen LogP contribution is 2.28. The number of nitrogens with zero attached hydrogens (tertiary/aromatic N) is 1. The van der Waals surface area contributed by atoms with Gasteiger partial charge in [0.25, 0.3) is 0 Å². The van der Waals surface area contributed by atoms with Crippen molar-refractivity contribution in [1.29, 1.82) is 0 Å². The zero-order chi connectivity index (χ0) is 24.6. The average molecular weight is 484 g/mol. The molecule has 0 aliphatic carbocycles. The maximum atomic E-state index is 13.1. The van der Waals surface area contributed by atoms with Crippen LogP contribution in [-0.2, 0) is 20.8 Å². The Kier molecular flexibility index (Phi) is 8.57. The number of methoxy groups -OCH3 is 1. The van der Waals surface area contributed by atoms with Gasteiger partial charge in [0.05, 0.1) is 51.5 Å². The van der Waals surface area contributed by atoms with E-state index in [1.54, 1.807) is 12.0 Å². The van der Waals surface area contributed by atoms with E-state index in [0.29, 0.717) is 25.1 Å². The number of urea groups is 1. The highest BCUT2D eigenvalue weighted by Gasteiger charge is 2.40. The topological polar surface area (TPSA) is 109 Å². The molecule has 9 nitrogen and oxygen atoms in total. The average Bonchev–Trinajstić information content (AvgIpc) is 2.86. The van der Waals surface area contributed by atoms with Gasteiger partial charge in [-0.15, -0.1) is 0 Å². The predicted octanol–water partition coefficient (Wildman–Crippen LogP) is 2.54. The van der Waals surface area contributed by atoms with Gasteiger partial charge in [0.15, 0.2) is 0 Å². The summed E-state index contributed by atoms with van der Waals surface area (Å²) in [4.78, 5) is 27.4. The molecule has 2 aliphatic rings. The van der Waals surface area contributed by atoms with Gasteiger partial charge in [0.2, 0.25) is 5.91 Å². The molecule has 188 valence electrons. The number of carbonyl (C=O) groups is 2. The first-order valence-electron chi connectivity index (χ1n) is 12.0. The summed E-state index contributed by atoms with van der Waals surface area (Å²) in [6.07, 6.45) is 0.0423. The molecule has 2 heterocycles. The lowest BCUT2D eigenvalue weighted by Gasteiger charge is -2.44. The molecule has 0 radical (unpaired) electrons. The van der Waals surface area contributed by atoms with E-state index in [1.165, 1.54) is 0 Å². The number of carbonyl (C=O) groups excluding carboxylic acids is 2. The van der Waals surface area contributed by atoms with Gasteiger partial charge in [-0.1, -0.05) is 36.4 Å². The van der Waals surface area contributed by atoms with Crippen LogP contribution >= 0.6 is 0 Å². The second-order valence-electron chi connectivity index (χ2n) is 8.87. The summed E-state index contributed by atoms with van der Waals surface area (Å²) in [5.74, 6) is 0.618. The van der Waals surface area contributed by atoms with E-state index in [9.17, 15) is 14.7 Å². The Balaban J connectivity index is 1.35. The van der Waals surface area contributed by atoms with E-state index in [1.807, 2.05) is 54.6 Å². The van der Waals surface area contributed by atoms with Gasteiger partial charge in [-0.2, -0.15) is 0 Å². The van der Waals surface area contributed by atoms with E-state index in [0.717, 1.165) is 11.3 Å². The summed E-state index contributed by atoms with van der Waals surface area (Å²) in [5, 5.41) is 16.1. The summed E-state index contributed by atoms with van der Waals surface area (Å²) in [7, 11) is 1.60. The Morgan fingerprint density at radius 1 is 1.09 bits per heavy atom.